The molecule has 0 bridgehead atoms. The summed E-state index contributed by atoms with van der Waals surface area (Å²) in [6.07, 6.45) is 2.05. The predicted octanol–water partition coefficient (Wildman–Crippen LogP) is 4.14. The van der Waals surface area contributed by atoms with Crippen molar-refractivity contribution in [3.8, 4) is 0 Å². The molecule has 17 heavy (non-hydrogen) atoms. The van der Waals surface area contributed by atoms with Crippen molar-refractivity contribution in [3.05, 3.63) is 71.3 Å². The zero-order valence-corrected chi connectivity index (χ0v) is 10.2. The van der Waals surface area contributed by atoms with E-state index in [9.17, 15) is 0 Å². The third-order valence-corrected chi connectivity index (χ3v) is 2.65. The number of hydrogen-bond acceptors (Lipinski definition) is 1. The molecule has 86 valence electrons. The van der Waals surface area contributed by atoms with Crippen molar-refractivity contribution >= 4 is 11.8 Å². The Bertz CT molecular complexity index is 495. The van der Waals surface area contributed by atoms with E-state index in [1.807, 2.05) is 24.3 Å². The summed E-state index contributed by atoms with van der Waals surface area (Å²) < 4.78 is 5.44. The standard InChI is InChI=1S/C16H16O/c1-13-8-10-15(11-9-13)16(17-2)12-14-6-4-3-5-7-14/h3-12H,1-2H3. The normalized spacial score (nSPS) is 11.3. The minimum absolute atomic E-state index is 0.885. The fraction of sp³-hybridized carbons (Fsp3) is 0.125. The summed E-state index contributed by atoms with van der Waals surface area (Å²) in [5.41, 5.74) is 3.50. The van der Waals surface area contributed by atoms with Gasteiger partial charge in [0.1, 0.15) is 5.76 Å². The van der Waals surface area contributed by atoms with Gasteiger partial charge in [-0.05, 0) is 18.6 Å². The Morgan fingerprint density at radius 3 is 2.18 bits per heavy atom. The van der Waals surface area contributed by atoms with Gasteiger partial charge in [-0.25, -0.2) is 0 Å². The van der Waals surface area contributed by atoms with Gasteiger partial charge in [-0.2, -0.15) is 0 Å². The van der Waals surface area contributed by atoms with Crippen LogP contribution in [0.3, 0.4) is 0 Å². The molecule has 0 aromatic heterocycles. The average Bonchev–Trinajstić information content (AvgIpc) is 2.38. The molecule has 0 radical (unpaired) electrons. The first-order valence-electron chi connectivity index (χ1n) is 5.67. The topological polar surface area (TPSA) is 9.23 Å². The second-order valence-corrected chi connectivity index (χ2v) is 3.99. The molecule has 1 heteroatoms. The molecule has 0 aliphatic heterocycles. The molecule has 0 aliphatic carbocycles. The third-order valence-electron chi connectivity index (χ3n) is 2.65. The highest BCUT2D eigenvalue weighted by Gasteiger charge is 2.00. The van der Waals surface area contributed by atoms with E-state index >= 15 is 0 Å². The highest BCUT2D eigenvalue weighted by Crippen LogP contribution is 2.19. The van der Waals surface area contributed by atoms with E-state index in [1.165, 1.54) is 5.56 Å². The van der Waals surface area contributed by atoms with E-state index in [0.717, 1.165) is 16.9 Å². The van der Waals surface area contributed by atoms with Crippen LogP contribution < -0.4 is 0 Å². The van der Waals surface area contributed by atoms with Gasteiger partial charge in [0.05, 0.1) is 7.11 Å². The zero-order valence-electron chi connectivity index (χ0n) is 10.2. The molecule has 0 saturated heterocycles. The molecule has 0 fully saturated rings. The van der Waals surface area contributed by atoms with Crippen molar-refractivity contribution in [2.45, 2.75) is 6.92 Å². The lowest BCUT2D eigenvalue weighted by atomic mass is 10.1. The molecule has 0 heterocycles. The summed E-state index contributed by atoms with van der Waals surface area (Å²) in [5.74, 6) is 0.885. The van der Waals surface area contributed by atoms with Crippen LogP contribution in [0.1, 0.15) is 16.7 Å². The first kappa shape index (κ1) is 11.5. The quantitative estimate of drug-likeness (QED) is 0.562. The second kappa shape index (κ2) is 5.35. The van der Waals surface area contributed by atoms with Crippen LogP contribution in [0, 0.1) is 6.92 Å². The van der Waals surface area contributed by atoms with Gasteiger partial charge in [-0.15, -0.1) is 0 Å². The summed E-state index contributed by atoms with van der Waals surface area (Å²) in [4.78, 5) is 0. The number of hydrogen-bond donors (Lipinski definition) is 0. The fourth-order valence-corrected chi connectivity index (χ4v) is 1.68. The van der Waals surface area contributed by atoms with Gasteiger partial charge in [-0.1, -0.05) is 60.2 Å². The predicted molar refractivity (Wildman–Crippen MR) is 72.5 cm³/mol. The minimum atomic E-state index is 0.885. The summed E-state index contributed by atoms with van der Waals surface area (Å²) in [5, 5.41) is 0. The molecule has 0 amide bonds. The molecule has 0 spiro atoms. The molecular formula is C16H16O. The van der Waals surface area contributed by atoms with Crippen molar-refractivity contribution in [2.24, 2.45) is 0 Å². The molecule has 0 atom stereocenters. The maximum absolute atomic E-state index is 5.44. The SMILES string of the molecule is COC(=Cc1ccccc1)c1ccc(C)cc1. The van der Waals surface area contributed by atoms with E-state index in [2.05, 4.69) is 43.3 Å². The molecule has 0 saturated carbocycles. The van der Waals surface area contributed by atoms with Crippen molar-refractivity contribution in [1.29, 1.82) is 0 Å². The molecule has 0 unspecified atom stereocenters. The first-order chi connectivity index (χ1) is 8.29. The number of methoxy groups -OCH3 is 1. The highest BCUT2D eigenvalue weighted by atomic mass is 16.5. The summed E-state index contributed by atoms with van der Waals surface area (Å²) in [7, 11) is 1.70. The summed E-state index contributed by atoms with van der Waals surface area (Å²) in [6.45, 7) is 2.08. The van der Waals surface area contributed by atoms with Crippen LogP contribution in [0.25, 0.3) is 11.8 Å². The van der Waals surface area contributed by atoms with Gasteiger partial charge >= 0.3 is 0 Å². The Balaban J connectivity index is 2.34. The van der Waals surface area contributed by atoms with Gasteiger partial charge in [0, 0.05) is 5.56 Å². The van der Waals surface area contributed by atoms with Gasteiger partial charge in [0.2, 0.25) is 0 Å². The van der Waals surface area contributed by atoms with Crippen molar-refractivity contribution in [1.82, 2.24) is 0 Å². The lowest BCUT2D eigenvalue weighted by Crippen LogP contribution is -1.87. The Labute approximate surface area is 102 Å². The molecule has 1 nitrogen and oxygen atoms in total. The Morgan fingerprint density at radius 1 is 0.941 bits per heavy atom. The lowest BCUT2D eigenvalue weighted by molar-refractivity contribution is 0.372. The molecule has 2 aromatic carbocycles. The van der Waals surface area contributed by atoms with Crippen LogP contribution in [-0.2, 0) is 4.74 Å². The Kier molecular flexibility index (Phi) is 3.61. The molecule has 0 aliphatic rings. The summed E-state index contributed by atoms with van der Waals surface area (Å²) in [6, 6.07) is 18.5. The smallest absolute Gasteiger partial charge is 0.126 e. The van der Waals surface area contributed by atoms with E-state index in [-0.39, 0.29) is 0 Å². The van der Waals surface area contributed by atoms with Crippen molar-refractivity contribution in [3.63, 3.8) is 0 Å². The molecule has 2 rings (SSSR count). The van der Waals surface area contributed by atoms with Crippen LogP contribution in [-0.4, -0.2) is 7.11 Å². The minimum Gasteiger partial charge on any atom is -0.496 e. The Hall–Kier alpha value is -2.02. The molecule has 0 N–H and O–H groups in total. The molecular weight excluding hydrogens is 208 g/mol. The van der Waals surface area contributed by atoms with Crippen molar-refractivity contribution < 1.29 is 4.74 Å². The van der Waals surface area contributed by atoms with Crippen LogP contribution in [0.5, 0.6) is 0 Å². The van der Waals surface area contributed by atoms with E-state index < -0.39 is 0 Å². The van der Waals surface area contributed by atoms with E-state index in [0.29, 0.717) is 0 Å². The van der Waals surface area contributed by atoms with Crippen LogP contribution in [0.2, 0.25) is 0 Å². The summed E-state index contributed by atoms with van der Waals surface area (Å²) >= 11 is 0. The van der Waals surface area contributed by atoms with Gasteiger partial charge < -0.3 is 4.74 Å². The monoisotopic (exact) mass is 224 g/mol. The second-order valence-electron chi connectivity index (χ2n) is 3.99. The van der Waals surface area contributed by atoms with Gasteiger partial charge in [0.15, 0.2) is 0 Å². The Morgan fingerprint density at radius 2 is 1.59 bits per heavy atom. The number of rotatable bonds is 3. The van der Waals surface area contributed by atoms with Crippen LogP contribution in [0.15, 0.2) is 54.6 Å². The van der Waals surface area contributed by atoms with E-state index in [4.69, 9.17) is 4.74 Å². The third kappa shape index (κ3) is 2.97. The van der Waals surface area contributed by atoms with E-state index in [1.54, 1.807) is 7.11 Å². The average molecular weight is 224 g/mol. The largest absolute Gasteiger partial charge is 0.496 e. The number of ether oxygens (including phenoxy) is 1. The van der Waals surface area contributed by atoms with Gasteiger partial charge in [-0.3, -0.25) is 0 Å². The lowest BCUT2D eigenvalue weighted by Gasteiger charge is -2.07. The van der Waals surface area contributed by atoms with Crippen LogP contribution >= 0.6 is 0 Å². The highest BCUT2D eigenvalue weighted by molar-refractivity contribution is 5.77. The zero-order chi connectivity index (χ0) is 12.1. The van der Waals surface area contributed by atoms with Gasteiger partial charge in [0.25, 0.3) is 0 Å². The van der Waals surface area contributed by atoms with Crippen LogP contribution in [0.4, 0.5) is 0 Å². The number of benzene rings is 2. The maximum atomic E-state index is 5.44. The first-order valence-corrected chi connectivity index (χ1v) is 5.67. The fourth-order valence-electron chi connectivity index (χ4n) is 1.68. The number of aryl methyl sites for hydroxylation is 1. The maximum Gasteiger partial charge on any atom is 0.126 e. The molecule has 2 aromatic rings. The van der Waals surface area contributed by atoms with Crippen molar-refractivity contribution in [2.75, 3.05) is 7.11 Å².